The predicted molar refractivity (Wildman–Crippen MR) is 100 cm³/mol. The van der Waals surface area contributed by atoms with Crippen LogP contribution in [0.1, 0.15) is 5.56 Å². The summed E-state index contributed by atoms with van der Waals surface area (Å²) in [7, 11) is 3.64. The van der Waals surface area contributed by atoms with Gasteiger partial charge in [0.05, 0.1) is 13.7 Å². The summed E-state index contributed by atoms with van der Waals surface area (Å²) in [6.45, 7) is 2.68. The lowest BCUT2D eigenvalue weighted by molar-refractivity contribution is 0.342. The summed E-state index contributed by atoms with van der Waals surface area (Å²) in [6, 6.07) is 15.9. The van der Waals surface area contributed by atoms with Crippen molar-refractivity contribution in [2.45, 2.75) is 12.1 Å². The maximum Gasteiger partial charge on any atom is 0.191 e. The predicted octanol–water partition coefficient (Wildman–Crippen LogP) is 3.97. The number of methoxy groups -OCH3 is 1. The van der Waals surface area contributed by atoms with Gasteiger partial charge in [-0.2, -0.15) is 0 Å². The van der Waals surface area contributed by atoms with Crippen LogP contribution >= 0.6 is 11.8 Å². The fourth-order valence-corrected chi connectivity index (χ4v) is 3.17. The first-order valence-electron chi connectivity index (χ1n) is 8.03. The van der Waals surface area contributed by atoms with E-state index in [4.69, 9.17) is 9.47 Å². The average Bonchev–Trinajstić information content (AvgIpc) is 3.00. The van der Waals surface area contributed by atoms with E-state index in [2.05, 4.69) is 35.3 Å². The molecule has 0 radical (unpaired) electrons. The highest BCUT2D eigenvalue weighted by Gasteiger charge is 2.11. The normalized spacial score (nSPS) is 10.7. The molecule has 6 heteroatoms. The SMILES string of the molecule is COc1ccc(OCCSc2nnc(-c3cccc(C)c3)n2C)cc1. The monoisotopic (exact) mass is 355 g/mol. The van der Waals surface area contributed by atoms with Crippen LogP contribution in [0.25, 0.3) is 11.4 Å². The smallest absolute Gasteiger partial charge is 0.191 e. The summed E-state index contributed by atoms with van der Waals surface area (Å²) >= 11 is 1.63. The van der Waals surface area contributed by atoms with Gasteiger partial charge in [-0.25, -0.2) is 0 Å². The molecule has 0 aliphatic carbocycles. The molecule has 0 aliphatic rings. The second kappa shape index (κ2) is 8.07. The summed E-state index contributed by atoms with van der Waals surface area (Å²) in [4.78, 5) is 0. The van der Waals surface area contributed by atoms with Crippen LogP contribution in [0.2, 0.25) is 0 Å². The van der Waals surface area contributed by atoms with Crippen LogP contribution in [-0.4, -0.2) is 34.2 Å². The van der Waals surface area contributed by atoms with E-state index in [1.54, 1.807) is 18.9 Å². The number of aryl methyl sites for hydroxylation is 1. The van der Waals surface area contributed by atoms with Crippen LogP contribution in [0.3, 0.4) is 0 Å². The molecule has 3 aromatic rings. The lowest BCUT2D eigenvalue weighted by Crippen LogP contribution is -2.02. The van der Waals surface area contributed by atoms with Gasteiger partial charge in [-0.1, -0.05) is 35.5 Å². The summed E-state index contributed by atoms with van der Waals surface area (Å²) in [5.41, 5.74) is 2.29. The molecule has 0 unspecified atom stereocenters. The average molecular weight is 355 g/mol. The van der Waals surface area contributed by atoms with Crippen LogP contribution in [0, 0.1) is 6.92 Å². The van der Waals surface area contributed by atoms with Crippen LogP contribution < -0.4 is 9.47 Å². The zero-order valence-electron chi connectivity index (χ0n) is 14.6. The zero-order valence-corrected chi connectivity index (χ0v) is 15.4. The number of rotatable bonds is 7. The number of hydrogen-bond acceptors (Lipinski definition) is 5. The second-order valence-electron chi connectivity index (χ2n) is 5.61. The van der Waals surface area contributed by atoms with Crippen molar-refractivity contribution in [2.24, 2.45) is 7.05 Å². The Kier molecular flexibility index (Phi) is 5.60. The van der Waals surface area contributed by atoms with Gasteiger partial charge in [-0.3, -0.25) is 0 Å². The molecule has 130 valence electrons. The Morgan fingerprint density at radius 2 is 1.80 bits per heavy atom. The molecular formula is C19H21N3O2S. The Morgan fingerprint density at radius 1 is 1.04 bits per heavy atom. The van der Waals surface area contributed by atoms with E-state index in [-0.39, 0.29) is 0 Å². The Labute approximate surface area is 152 Å². The molecule has 0 saturated heterocycles. The molecule has 0 aliphatic heterocycles. The van der Waals surface area contributed by atoms with Crippen molar-refractivity contribution < 1.29 is 9.47 Å². The third-order valence-corrected chi connectivity index (χ3v) is 4.74. The molecule has 0 amide bonds. The molecule has 0 bridgehead atoms. The van der Waals surface area contributed by atoms with Gasteiger partial charge in [-0.05, 0) is 37.3 Å². The standard InChI is InChI=1S/C19H21N3O2S/c1-14-5-4-6-15(13-14)18-20-21-19(22(18)2)25-12-11-24-17-9-7-16(23-3)8-10-17/h4-10,13H,11-12H2,1-3H3. The molecule has 0 atom stereocenters. The minimum Gasteiger partial charge on any atom is -0.497 e. The molecule has 1 aromatic heterocycles. The molecule has 2 aromatic carbocycles. The van der Waals surface area contributed by atoms with E-state index in [0.717, 1.165) is 33.8 Å². The van der Waals surface area contributed by atoms with Gasteiger partial charge in [0, 0.05) is 18.4 Å². The molecule has 1 heterocycles. The summed E-state index contributed by atoms with van der Waals surface area (Å²) in [5.74, 6) is 3.33. The highest BCUT2D eigenvalue weighted by molar-refractivity contribution is 7.99. The Morgan fingerprint density at radius 3 is 2.52 bits per heavy atom. The minimum atomic E-state index is 0.601. The Bertz CT molecular complexity index is 831. The summed E-state index contributed by atoms with van der Waals surface area (Å²) in [6.07, 6.45) is 0. The van der Waals surface area contributed by atoms with Crippen LogP contribution in [-0.2, 0) is 7.05 Å². The van der Waals surface area contributed by atoms with Crippen molar-refractivity contribution in [3.8, 4) is 22.9 Å². The third kappa shape index (κ3) is 4.33. The van der Waals surface area contributed by atoms with Gasteiger partial charge < -0.3 is 14.0 Å². The van der Waals surface area contributed by atoms with Crippen molar-refractivity contribution in [3.63, 3.8) is 0 Å². The summed E-state index contributed by atoms with van der Waals surface area (Å²) < 4.78 is 12.9. The molecule has 0 spiro atoms. The number of nitrogens with zero attached hydrogens (tertiary/aromatic N) is 3. The number of aromatic nitrogens is 3. The first-order valence-corrected chi connectivity index (χ1v) is 9.02. The van der Waals surface area contributed by atoms with Gasteiger partial charge in [0.1, 0.15) is 11.5 Å². The van der Waals surface area contributed by atoms with Crippen LogP contribution in [0.4, 0.5) is 0 Å². The minimum absolute atomic E-state index is 0.601. The van der Waals surface area contributed by atoms with Gasteiger partial charge >= 0.3 is 0 Å². The molecule has 25 heavy (non-hydrogen) atoms. The molecular weight excluding hydrogens is 334 g/mol. The highest BCUT2D eigenvalue weighted by Crippen LogP contribution is 2.23. The quantitative estimate of drug-likeness (QED) is 0.474. The third-order valence-electron chi connectivity index (χ3n) is 3.75. The number of benzene rings is 2. The topological polar surface area (TPSA) is 49.2 Å². The van der Waals surface area contributed by atoms with Crippen LogP contribution in [0.15, 0.2) is 53.7 Å². The lowest BCUT2D eigenvalue weighted by Gasteiger charge is -2.07. The van der Waals surface area contributed by atoms with Crippen LogP contribution in [0.5, 0.6) is 11.5 Å². The van der Waals surface area contributed by atoms with E-state index in [1.165, 1.54) is 5.56 Å². The molecule has 5 nitrogen and oxygen atoms in total. The van der Waals surface area contributed by atoms with Crippen molar-refractivity contribution >= 4 is 11.8 Å². The fourth-order valence-electron chi connectivity index (χ4n) is 2.44. The fraction of sp³-hybridized carbons (Fsp3) is 0.263. The van der Waals surface area contributed by atoms with E-state index < -0.39 is 0 Å². The van der Waals surface area contributed by atoms with E-state index in [0.29, 0.717) is 6.61 Å². The number of thioether (sulfide) groups is 1. The Balaban J connectivity index is 1.55. The summed E-state index contributed by atoms with van der Waals surface area (Å²) in [5, 5.41) is 9.50. The van der Waals surface area contributed by atoms with Crippen molar-refractivity contribution in [1.82, 2.24) is 14.8 Å². The largest absolute Gasteiger partial charge is 0.497 e. The number of ether oxygens (including phenoxy) is 2. The van der Waals surface area contributed by atoms with E-state index >= 15 is 0 Å². The molecule has 0 N–H and O–H groups in total. The van der Waals surface area contributed by atoms with E-state index in [1.807, 2.05) is 41.9 Å². The lowest BCUT2D eigenvalue weighted by atomic mass is 10.1. The number of hydrogen-bond donors (Lipinski definition) is 0. The van der Waals surface area contributed by atoms with Gasteiger partial charge in [0.15, 0.2) is 11.0 Å². The molecule has 3 rings (SSSR count). The van der Waals surface area contributed by atoms with Gasteiger partial charge in [0.2, 0.25) is 0 Å². The Hall–Kier alpha value is -2.47. The van der Waals surface area contributed by atoms with Gasteiger partial charge in [0.25, 0.3) is 0 Å². The van der Waals surface area contributed by atoms with Gasteiger partial charge in [-0.15, -0.1) is 10.2 Å². The maximum absolute atomic E-state index is 5.74. The first-order chi connectivity index (χ1) is 12.2. The van der Waals surface area contributed by atoms with E-state index in [9.17, 15) is 0 Å². The maximum atomic E-state index is 5.74. The van der Waals surface area contributed by atoms with Crippen molar-refractivity contribution in [2.75, 3.05) is 19.5 Å². The second-order valence-corrected chi connectivity index (χ2v) is 6.67. The zero-order chi connectivity index (χ0) is 17.6. The molecule has 0 fully saturated rings. The molecule has 0 saturated carbocycles. The first kappa shape index (κ1) is 17.4. The van der Waals surface area contributed by atoms with Crippen molar-refractivity contribution in [1.29, 1.82) is 0 Å². The van der Waals surface area contributed by atoms with Crippen molar-refractivity contribution in [3.05, 3.63) is 54.1 Å². The highest BCUT2D eigenvalue weighted by atomic mass is 32.2.